The fourth-order valence-corrected chi connectivity index (χ4v) is 5.84. The van der Waals surface area contributed by atoms with Crippen molar-refractivity contribution in [3.8, 4) is 0 Å². The molecule has 2 N–H and O–H groups in total. The number of nitrogens with zero attached hydrogens (tertiary/aromatic N) is 1. The predicted molar refractivity (Wildman–Crippen MR) is 139 cm³/mol. The van der Waals surface area contributed by atoms with Crippen molar-refractivity contribution in [1.82, 2.24) is 5.16 Å². The average molecular weight is 489 g/mol. The van der Waals surface area contributed by atoms with Crippen LogP contribution in [0.2, 0.25) is 0 Å². The average Bonchev–Trinajstić information content (AvgIpc) is 3.53. The molecule has 0 bridgehead atoms. The Labute approximate surface area is 209 Å². The van der Waals surface area contributed by atoms with E-state index >= 15 is 0 Å². The van der Waals surface area contributed by atoms with Crippen LogP contribution in [0.4, 0.5) is 5.69 Å². The van der Waals surface area contributed by atoms with Crippen molar-refractivity contribution in [3.63, 3.8) is 0 Å². The molecule has 1 saturated carbocycles. The fourth-order valence-electron chi connectivity index (χ4n) is 5.84. The molecule has 1 aliphatic carbocycles. The largest absolute Gasteiger partial charge is 0.464 e. The van der Waals surface area contributed by atoms with Crippen LogP contribution in [0.1, 0.15) is 63.6 Å². The summed E-state index contributed by atoms with van der Waals surface area (Å²) in [7, 11) is 0. The Balaban J connectivity index is 1.48. The summed E-state index contributed by atoms with van der Waals surface area (Å²) in [6, 6.07) is 12.9. The van der Waals surface area contributed by atoms with Gasteiger partial charge in [-0.3, -0.25) is 4.79 Å². The quantitative estimate of drug-likeness (QED) is 0.337. The van der Waals surface area contributed by atoms with Crippen molar-refractivity contribution in [2.75, 3.05) is 5.32 Å². The van der Waals surface area contributed by atoms with Gasteiger partial charge in [0.2, 0.25) is 0 Å². The molecule has 1 amide bonds. The molecule has 2 aromatic carbocycles. The molecule has 36 heavy (non-hydrogen) atoms. The van der Waals surface area contributed by atoms with Gasteiger partial charge in [-0.1, -0.05) is 62.9 Å². The molecular weight excluding hydrogens is 456 g/mol. The van der Waals surface area contributed by atoms with E-state index in [-0.39, 0.29) is 6.42 Å². The first-order chi connectivity index (χ1) is 17.2. The lowest BCUT2D eigenvalue weighted by Crippen LogP contribution is -2.48. The third-order valence-electron chi connectivity index (χ3n) is 7.62. The van der Waals surface area contributed by atoms with E-state index < -0.39 is 22.5 Å². The summed E-state index contributed by atoms with van der Waals surface area (Å²) in [5.74, 6) is -0.148. The lowest BCUT2D eigenvalue weighted by atomic mass is 9.71. The van der Waals surface area contributed by atoms with Gasteiger partial charge in [0.1, 0.15) is 11.2 Å². The number of para-hydroxylation sites is 1. The van der Waals surface area contributed by atoms with Gasteiger partial charge < -0.3 is 19.4 Å². The molecule has 0 aliphatic heterocycles. The zero-order chi connectivity index (χ0) is 25.5. The Bertz CT molecular complexity index is 1480. The van der Waals surface area contributed by atoms with Crippen LogP contribution >= 0.6 is 0 Å². The topological polar surface area (TPSA) is 106 Å². The number of hydrogen-bond donors (Lipinski definition) is 2. The summed E-state index contributed by atoms with van der Waals surface area (Å²) in [5.41, 5.74) is 0.133. The number of carbonyl (C=O) groups is 1. The maximum absolute atomic E-state index is 13.8. The summed E-state index contributed by atoms with van der Waals surface area (Å²) in [4.78, 5) is 25.8. The third-order valence-corrected chi connectivity index (χ3v) is 7.62. The monoisotopic (exact) mass is 488 g/mol. The van der Waals surface area contributed by atoms with Crippen molar-refractivity contribution in [2.24, 2.45) is 5.92 Å². The van der Waals surface area contributed by atoms with E-state index in [2.05, 4.69) is 10.5 Å². The van der Waals surface area contributed by atoms with Crippen molar-refractivity contribution in [3.05, 3.63) is 70.4 Å². The van der Waals surface area contributed by atoms with Crippen LogP contribution in [0.25, 0.3) is 21.7 Å². The van der Waals surface area contributed by atoms with Gasteiger partial charge in [-0.05, 0) is 55.4 Å². The summed E-state index contributed by atoms with van der Waals surface area (Å²) < 4.78 is 10.6. The van der Waals surface area contributed by atoms with Gasteiger partial charge in [-0.15, -0.1) is 0 Å². The number of benzene rings is 2. The fraction of sp³-hybridized carbons (Fsp3) is 0.414. The molecule has 1 atom stereocenters. The Hall–Kier alpha value is -3.45. The Kier molecular flexibility index (Phi) is 6.20. The molecule has 2 aromatic heterocycles. The number of furan rings is 1. The zero-order valence-corrected chi connectivity index (χ0v) is 21.0. The van der Waals surface area contributed by atoms with Crippen LogP contribution in [0.3, 0.4) is 0 Å². The van der Waals surface area contributed by atoms with Gasteiger partial charge in [0, 0.05) is 22.0 Å². The van der Waals surface area contributed by atoms with Gasteiger partial charge in [0.25, 0.3) is 5.91 Å². The smallest absolute Gasteiger partial charge is 0.366 e. The number of rotatable bonds is 7. The minimum absolute atomic E-state index is 0.236. The SMILES string of the molecule is Cc1noc(=O)c2ccc(NC(=O)C(O)(CC3CCCC3)CC(C)(C)c3cccc4ccoc34)cc12. The van der Waals surface area contributed by atoms with E-state index in [9.17, 15) is 14.7 Å². The molecule has 0 radical (unpaired) electrons. The molecule has 0 spiro atoms. The Morgan fingerprint density at radius 1 is 1.14 bits per heavy atom. The molecule has 7 nitrogen and oxygen atoms in total. The zero-order valence-electron chi connectivity index (χ0n) is 21.0. The Morgan fingerprint density at radius 3 is 2.69 bits per heavy atom. The van der Waals surface area contributed by atoms with Gasteiger partial charge >= 0.3 is 5.63 Å². The number of nitrogens with one attached hydrogen (secondary N) is 1. The number of aromatic nitrogens is 1. The number of carbonyl (C=O) groups excluding carboxylic acids is 1. The minimum atomic E-state index is -1.59. The minimum Gasteiger partial charge on any atom is -0.464 e. The molecule has 0 saturated heterocycles. The third kappa shape index (κ3) is 4.55. The van der Waals surface area contributed by atoms with E-state index in [0.29, 0.717) is 34.5 Å². The van der Waals surface area contributed by atoms with E-state index in [1.807, 2.05) is 38.1 Å². The highest BCUT2D eigenvalue weighted by molar-refractivity contribution is 5.99. The summed E-state index contributed by atoms with van der Waals surface area (Å²) in [6.45, 7) is 5.83. The maximum Gasteiger partial charge on any atom is 0.366 e. The molecule has 1 unspecified atom stereocenters. The van der Waals surface area contributed by atoms with Gasteiger partial charge in [0.05, 0.1) is 17.3 Å². The van der Waals surface area contributed by atoms with Crippen molar-refractivity contribution >= 4 is 33.3 Å². The van der Waals surface area contributed by atoms with Crippen LogP contribution < -0.4 is 10.9 Å². The second-order valence-electron chi connectivity index (χ2n) is 10.9. The lowest BCUT2D eigenvalue weighted by molar-refractivity contribution is -0.138. The van der Waals surface area contributed by atoms with E-state index in [4.69, 9.17) is 8.94 Å². The van der Waals surface area contributed by atoms with Gasteiger partial charge in [-0.25, -0.2) is 4.79 Å². The molecule has 188 valence electrons. The Morgan fingerprint density at radius 2 is 1.92 bits per heavy atom. The number of aryl methyl sites for hydroxylation is 1. The van der Waals surface area contributed by atoms with Crippen LogP contribution in [0.5, 0.6) is 0 Å². The second-order valence-corrected chi connectivity index (χ2v) is 10.9. The lowest BCUT2D eigenvalue weighted by Gasteiger charge is -2.37. The first-order valence-electron chi connectivity index (χ1n) is 12.6. The molecule has 4 aromatic rings. The van der Waals surface area contributed by atoms with Crippen LogP contribution in [-0.4, -0.2) is 21.8 Å². The van der Waals surface area contributed by atoms with Gasteiger partial charge in [0.15, 0.2) is 0 Å². The highest BCUT2D eigenvalue weighted by Gasteiger charge is 2.44. The standard InChI is InChI=1S/C29H32N2O5/c1-18-23-15-21(11-12-22(23)26(32)36-31-18)30-27(33)29(34,16-19-7-4-5-8-19)17-28(2,3)24-10-6-9-20-13-14-35-25(20)24/h6,9-15,19,34H,4-5,7-8,16-17H2,1-3H3,(H,30,33). The van der Waals surface area contributed by atoms with Crippen molar-refractivity contribution < 1.29 is 18.8 Å². The summed E-state index contributed by atoms with van der Waals surface area (Å²) in [5, 5.41) is 20.7. The van der Waals surface area contributed by atoms with Crippen LogP contribution in [0.15, 0.2) is 62.5 Å². The van der Waals surface area contributed by atoms with E-state index in [1.54, 1.807) is 31.4 Å². The van der Waals surface area contributed by atoms with Crippen LogP contribution in [0, 0.1) is 12.8 Å². The van der Waals surface area contributed by atoms with Crippen molar-refractivity contribution in [1.29, 1.82) is 0 Å². The normalized spacial score (nSPS) is 16.4. The first-order valence-corrected chi connectivity index (χ1v) is 12.6. The first kappa shape index (κ1) is 24.3. The number of aliphatic hydroxyl groups is 1. The predicted octanol–water partition coefficient (Wildman–Crippen LogP) is 5.86. The number of anilines is 1. The number of fused-ring (bicyclic) bond motifs is 2. The highest BCUT2D eigenvalue weighted by Crippen LogP contribution is 2.41. The molecule has 2 heterocycles. The second kappa shape index (κ2) is 9.21. The van der Waals surface area contributed by atoms with E-state index in [0.717, 1.165) is 42.2 Å². The van der Waals surface area contributed by atoms with Crippen LogP contribution in [-0.2, 0) is 10.2 Å². The number of hydrogen-bond acceptors (Lipinski definition) is 6. The maximum atomic E-state index is 13.8. The molecule has 1 aliphatic rings. The van der Waals surface area contributed by atoms with Gasteiger partial charge in [-0.2, -0.15) is 0 Å². The van der Waals surface area contributed by atoms with Crippen molar-refractivity contribution in [2.45, 2.75) is 70.3 Å². The summed E-state index contributed by atoms with van der Waals surface area (Å²) in [6.07, 6.45) is 6.57. The molecule has 5 rings (SSSR count). The molecule has 7 heteroatoms. The molecule has 1 fully saturated rings. The van der Waals surface area contributed by atoms with E-state index in [1.165, 1.54) is 0 Å². The number of amides is 1. The summed E-state index contributed by atoms with van der Waals surface area (Å²) >= 11 is 0. The highest BCUT2D eigenvalue weighted by atomic mass is 16.5. The molecular formula is C29H32N2O5.